The number of aromatic amines is 1. The number of hydrogen-bond acceptors (Lipinski definition) is 7. The molecule has 3 fully saturated rings. The van der Waals surface area contributed by atoms with Crippen molar-refractivity contribution >= 4 is 63.0 Å². The summed E-state index contributed by atoms with van der Waals surface area (Å²) in [6.45, 7) is 1.79. The van der Waals surface area contributed by atoms with Gasteiger partial charge in [-0.25, -0.2) is 0 Å². The lowest BCUT2D eigenvalue weighted by molar-refractivity contribution is -0.123. The summed E-state index contributed by atoms with van der Waals surface area (Å²) in [6.07, 6.45) is 0.795. The van der Waals surface area contributed by atoms with Gasteiger partial charge in [0.25, 0.3) is 5.91 Å². The monoisotopic (exact) mass is 673 g/mol. The van der Waals surface area contributed by atoms with Gasteiger partial charge in [0.05, 0.1) is 22.5 Å². The molecule has 5 aromatic rings. The number of thioether (sulfide) groups is 1. The van der Waals surface area contributed by atoms with E-state index in [-0.39, 0.29) is 64.0 Å². The van der Waals surface area contributed by atoms with E-state index in [0.29, 0.717) is 17.1 Å². The predicted molar refractivity (Wildman–Crippen MR) is 187 cm³/mol. The number of H-pyrrole nitrogens is 1. The molecule has 2 aliphatic carbocycles. The Balaban J connectivity index is 1.02. The van der Waals surface area contributed by atoms with Gasteiger partial charge in [0, 0.05) is 27.3 Å². The van der Waals surface area contributed by atoms with Crippen molar-refractivity contribution in [2.45, 2.75) is 29.5 Å². The smallest absolute Gasteiger partial charge is 0.305 e. The third-order valence-corrected chi connectivity index (χ3v) is 13.3. The summed E-state index contributed by atoms with van der Waals surface area (Å²) >= 11 is 2.86. The molecule has 48 heavy (non-hydrogen) atoms. The summed E-state index contributed by atoms with van der Waals surface area (Å²) in [6, 6.07) is 29.0. The minimum Gasteiger partial charge on any atom is -0.483 e. The molecule has 9 rings (SSSR count). The molecule has 2 saturated carbocycles. The first-order chi connectivity index (χ1) is 23.4. The molecule has 240 valence electrons. The van der Waals surface area contributed by atoms with Gasteiger partial charge in [-0.15, -0.1) is 11.8 Å². The van der Waals surface area contributed by atoms with E-state index in [1.54, 1.807) is 11.8 Å². The molecule has 8 nitrogen and oxygen atoms in total. The number of fused-ring (bicyclic) bond motifs is 10. The van der Waals surface area contributed by atoms with E-state index in [2.05, 4.69) is 10.3 Å². The number of hydrogen-bond donors (Lipinski definition) is 2. The lowest BCUT2D eigenvalue weighted by Crippen LogP contribution is -2.42. The number of rotatable bonds is 6. The summed E-state index contributed by atoms with van der Waals surface area (Å²) in [4.78, 5) is 59.1. The van der Waals surface area contributed by atoms with Crippen LogP contribution in [0.15, 0.2) is 101 Å². The molecule has 4 aromatic carbocycles. The molecule has 2 bridgehead atoms. The number of aromatic nitrogens is 1. The molecule has 1 saturated heterocycles. The number of thiazole rings is 1. The number of imide groups is 1. The van der Waals surface area contributed by atoms with Crippen LogP contribution in [0.2, 0.25) is 0 Å². The maximum Gasteiger partial charge on any atom is 0.305 e. The number of benzene rings is 4. The Morgan fingerprint density at radius 3 is 2.44 bits per heavy atom. The van der Waals surface area contributed by atoms with Gasteiger partial charge in [-0.1, -0.05) is 77.6 Å². The number of para-hydroxylation sites is 1. The third-order valence-electron chi connectivity index (χ3n) is 10.7. The standard InChI is InChI=1S/C38H31N3O5S2/c1-19-10-14-23(15-11-19)41-36(43)31-25-17-26(32(31)37(41)44)33-30(25)29(34-35(47-33)40-38(45)48-34)24-8-4-5-9-27(24)46-18-28(42)39-22-13-12-20-6-2-3-7-21(20)16-22/h2-16,25-26,29-33H,17-18H2,1H3,(H,39,42)(H,40,45)/t25-,26-,29+,30-,31+,32+,33-/m1/s1. The number of carbonyl (C=O) groups excluding carboxylic acids is 3. The number of ether oxygens (including phenoxy) is 1. The van der Waals surface area contributed by atoms with Crippen LogP contribution in [0.5, 0.6) is 5.75 Å². The lowest BCUT2D eigenvalue weighted by Gasteiger charge is -2.43. The molecule has 0 spiro atoms. The van der Waals surface area contributed by atoms with Crippen LogP contribution in [0.25, 0.3) is 10.8 Å². The van der Waals surface area contributed by atoms with Crippen molar-refractivity contribution in [3.05, 3.63) is 117 Å². The summed E-state index contributed by atoms with van der Waals surface area (Å²) in [5.41, 5.74) is 3.27. The summed E-state index contributed by atoms with van der Waals surface area (Å²) < 4.78 is 6.24. The van der Waals surface area contributed by atoms with E-state index in [1.165, 1.54) is 16.2 Å². The number of aryl methyl sites for hydroxylation is 1. The zero-order chi connectivity index (χ0) is 32.7. The molecule has 3 amide bonds. The number of nitrogens with one attached hydrogen (secondary N) is 2. The zero-order valence-electron chi connectivity index (χ0n) is 25.9. The maximum absolute atomic E-state index is 14.1. The van der Waals surface area contributed by atoms with Gasteiger partial charge in [-0.3, -0.25) is 24.1 Å². The highest BCUT2D eigenvalue weighted by atomic mass is 32.2. The van der Waals surface area contributed by atoms with Crippen molar-refractivity contribution in [2.24, 2.45) is 29.6 Å². The van der Waals surface area contributed by atoms with E-state index < -0.39 is 5.92 Å². The SMILES string of the molecule is Cc1ccc(N2C(=O)[C@H]3[C@H]4C[C@@H]([C@@H]3C2=O)[C@@H]2[C@H](c3ccccc3OCC(=O)Nc3ccc5ccccc5c3)c3sc(=O)[nH]c3S[C@H]42)cc1. The van der Waals surface area contributed by atoms with Crippen LogP contribution in [0.3, 0.4) is 0 Å². The van der Waals surface area contributed by atoms with E-state index in [4.69, 9.17) is 4.74 Å². The van der Waals surface area contributed by atoms with Gasteiger partial charge in [0.2, 0.25) is 11.8 Å². The van der Waals surface area contributed by atoms with Crippen LogP contribution < -0.4 is 19.8 Å². The first kappa shape index (κ1) is 29.5. The fourth-order valence-corrected chi connectivity index (χ4v) is 11.7. The first-order valence-electron chi connectivity index (χ1n) is 16.2. The molecule has 1 aromatic heterocycles. The van der Waals surface area contributed by atoms with Crippen LogP contribution in [0.1, 0.15) is 28.3 Å². The minimum absolute atomic E-state index is 0.0155. The van der Waals surface area contributed by atoms with Crippen LogP contribution in [0, 0.1) is 36.5 Å². The van der Waals surface area contributed by atoms with Crippen molar-refractivity contribution < 1.29 is 19.1 Å². The Kier molecular flexibility index (Phi) is 6.88. The molecule has 2 aliphatic heterocycles. The fourth-order valence-electron chi connectivity index (χ4n) is 8.79. The molecule has 3 heterocycles. The second-order valence-corrected chi connectivity index (χ2v) is 15.4. The van der Waals surface area contributed by atoms with Gasteiger partial charge in [0.1, 0.15) is 5.75 Å². The van der Waals surface area contributed by atoms with Crippen molar-refractivity contribution in [2.75, 3.05) is 16.8 Å². The number of amides is 3. The third kappa shape index (κ3) is 4.57. The molecular weight excluding hydrogens is 643 g/mol. The van der Waals surface area contributed by atoms with Crippen molar-refractivity contribution in [3.63, 3.8) is 0 Å². The summed E-state index contributed by atoms with van der Waals surface area (Å²) in [7, 11) is 0. The Labute approximate surface area is 284 Å². The first-order valence-corrected chi connectivity index (χ1v) is 17.9. The maximum atomic E-state index is 14.1. The molecular formula is C38H31N3O5S2. The average molecular weight is 674 g/mol. The van der Waals surface area contributed by atoms with E-state index in [9.17, 15) is 19.2 Å². The molecule has 2 N–H and O–H groups in total. The number of nitrogens with zero attached hydrogens (tertiary/aromatic N) is 1. The largest absolute Gasteiger partial charge is 0.483 e. The normalized spacial score (nSPS) is 26.8. The molecule has 4 aliphatic rings. The Bertz CT molecular complexity index is 2190. The van der Waals surface area contributed by atoms with Gasteiger partial charge in [0.15, 0.2) is 6.61 Å². The minimum atomic E-state index is -0.397. The quantitative estimate of drug-likeness (QED) is 0.197. The zero-order valence-corrected chi connectivity index (χ0v) is 27.6. The fraction of sp³-hybridized carbons (Fsp3) is 0.263. The topological polar surface area (TPSA) is 109 Å². The highest BCUT2D eigenvalue weighted by molar-refractivity contribution is 8.00. The Morgan fingerprint density at radius 1 is 0.896 bits per heavy atom. The van der Waals surface area contributed by atoms with Crippen LogP contribution in [-0.4, -0.2) is 34.6 Å². The van der Waals surface area contributed by atoms with Gasteiger partial charge in [-0.2, -0.15) is 0 Å². The summed E-state index contributed by atoms with van der Waals surface area (Å²) in [5, 5.41) is 5.96. The van der Waals surface area contributed by atoms with Gasteiger partial charge >= 0.3 is 4.87 Å². The average Bonchev–Trinajstić information content (AvgIpc) is 3.83. The van der Waals surface area contributed by atoms with Crippen LogP contribution in [-0.2, 0) is 14.4 Å². The Hall–Kier alpha value is -4.67. The number of carbonyl (C=O) groups is 3. The van der Waals surface area contributed by atoms with E-state index >= 15 is 0 Å². The second kappa shape index (κ2) is 11.2. The highest BCUT2D eigenvalue weighted by Crippen LogP contribution is 2.69. The molecule has 0 radical (unpaired) electrons. The molecule has 0 unspecified atom stereocenters. The number of anilines is 2. The van der Waals surface area contributed by atoms with Crippen LogP contribution in [0.4, 0.5) is 11.4 Å². The van der Waals surface area contributed by atoms with Gasteiger partial charge < -0.3 is 15.0 Å². The summed E-state index contributed by atoms with van der Waals surface area (Å²) in [5.74, 6) is -0.906. The van der Waals surface area contributed by atoms with Crippen molar-refractivity contribution in [1.82, 2.24) is 4.98 Å². The van der Waals surface area contributed by atoms with E-state index in [1.807, 2.05) is 97.9 Å². The second-order valence-electron chi connectivity index (χ2n) is 13.2. The van der Waals surface area contributed by atoms with Gasteiger partial charge in [-0.05, 0) is 72.2 Å². The molecule has 7 atom stereocenters. The van der Waals surface area contributed by atoms with Crippen LogP contribution >= 0.6 is 23.1 Å². The van der Waals surface area contributed by atoms with E-state index in [0.717, 1.165) is 38.2 Å². The molecule has 10 heteroatoms. The van der Waals surface area contributed by atoms with Crippen molar-refractivity contribution in [1.29, 1.82) is 0 Å². The lowest BCUT2D eigenvalue weighted by atomic mass is 9.68. The Morgan fingerprint density at radius 2 is 1.62 bits per heavy atom. The predicted octanol–water partition coefficient (Wildman–Crippen LogP) is 6.59. The highest BCUT2D eigenvalue weighted by Gasteiger charge is 2.69. The van der Waals surface area contributed by atoms with Crippen molar-refractivity contribution in [3.8, 4) is 5.75 Å².